The molecular formula is C15H22N4O2. The zero-order valence-electron chi connectivity index (χ0n) is 12.3. The predicted octanol–water partition coefficient (Wildman–Crippen LogP) is 1.48. The van der Waals surface area contributed by atoms with Crippen LogP contribution in [0.4, 0.5) is 17.1 Å². The summed E-state index contributed by atoms with van der Waals surface area (Å²) < 4.78 is 0. The molecule has 2 rings (SSSR count). The molecule has 2 amide bonds. The van der Waals surface area contributed by atoms with Crippen LogP contribution in [-0.2, 0) is 16.0 Å². The fourth-order valence-corrected chi connectivity index (χ4v) is 2.26. The van der Waals surface area contributed by atoms with Gasteiger partial charge in [-0.15, -0.1) is 0 Å². The van der Waals surface area contributed by atoms with Crippen molar-refractivity contribution in [1.29, 1.82) is 0 Å². The fourth-order valence-electron chi connectivity index (χ4n) is 2.26. The molecule has 0 saturated carbocycles. The average Bonchev–Trinajstić information content (AvgIpc) is 2.46. The third-order valence-electron chi connectivity index (χ3n) is 3.41. The predicted molar refractivity (Wildman–Crippen MR) is 84.2 cm³/mol. The Labute approximate surface area is 124 Å². The Balaban J connectivity index is 1.93. The number of hydrogen-bond acceptors (Lipinski definition) is 4. The van der Waals surface area contributed by atoms with Crippen LogP contribution in [0.1, 0.15) is 31.7 Å². The quantitative estimate of drug-likeness (QED) is 0.597. The van der Waals surface area contributed by atoms with Gasteiger partial charge in [0.1, 0.15) is 0 Å². The highest BCUT2D eigenvalue weighted by Crippen LogP contribution is 2.30. The van der Waals surface area contributed by atoms with E-state index in [0.717, 1.165) is 23.4 Å². The van der Waals surface area contributed by atoms with Gasteiger partial charge in [0.05, 0.1) is 11.4 Å². The summed E-state index contributed by atoms with van der Waals surface area (Å²) in [4.78, 5) is 22.9. The van der Waals surface area contributed by atoms with Crippen LogP contribution >= 0.6 is 0 Å². The van der Waals surface area contributed by atoms with Crippen molar-refractivity contribution in [2.45, 2.75) is 32.6 Å². The van der Waals surface area contributed by atoms with Gasteiger partial charge in [0.2, 0.25) is 11.8 Å². The monoisotopic (exact) mass is 290 g/mol. The van der Waals surface area contributed by atoms with Crippen LogP contribution in [0.2, 0.25) is 0 Å². The van der Waals surface area contributed by atoms with E-state index in [0.29, 0.717) is 38.0 Å². The standard InChI is InChI=1S/C15H22N4O2/c1-2-6-18-14(20)5-7-17-13-9-12-10(8-11(13)16)3-4-15(21)19-12/h8-9,17H,2-7,16H2,1H3,(H,18,20)(H,19,21). The summed E-state index contributed by atoms with van der Waals surface area (Å²) in [6.07, 6.45) is 2.53. The number of nitrogens with two attached hydrogens (primary N) is 1. The molecule has 0 bridgehead atoms. The first-order valence-electron chi connectivity index (χ1n) is 7.33. The van der Waals surface area contributed by atoms with Crippen molar-refractivity contribution in [2.75, 3.05) is 29.5 Å². The molecule has 0 unspecified atom stereocenters. The molecule has 1 aromatic rings. The van der Waals surface area contributed by atoms with Crippen LogP contribution in [0.3, 0.4) is 0 Å². The van der Waals surface area contributed by atoms with Gasteiger partial charge in [0.25, 0.3) is 0 Å². The lowest BCUT2D eigenvalue weighted by Gasteiger charge is -2.19. The minimum absolute atomic E-state index is 0.0224. The van der Waals surface area contributed by atoms with E-state index in [9.17, 15) is 9.59 Å². The summed E-state index contributed by atoms with van der Waals surface area (Å²) in [5.41, 5.74) is 9.25. The number of fused-ring (bicyclic) bond motifs is 1. The SMILES string of the molecule is CCCNC(=O)CCNc1cc2c(cc1N)CCC(=O)N2. The van der Waals surface area contributed by atoms with E-state index < -0.39 is 0 Å². The van der Waals surface area contributed by atoms with E-state index in [1.807, 2.05) is 19.1 Å². The van der Waals surface area contributed by atoms with Crippen LogP contribution < -0.4 is 21.7 Å². The van der Waals surface area contributed by atoms with Gasteiger partial charge in [0.15, 0.2) is 0 Å². The summed E-state index contributed by atoms with van der Waals surface area (Å²) in [7, 11) is 0. The molecule has 6 heteroatoms. The molecule has 0 fully saturated rings. The van der Waals surface area contributed by atoms with Crippen molar-refractivity contribution in [3.05, 3.63) is 17.7 Å². The molecule has 1 heterocycles. The smallest absolute Gasteiger partial charge is 0.224 e. The van der Waals surface area contributed by atoms with Gasteiger partial charge in [-0.3, -0.25) is 9.59 Å². The Morgan fingerprint density at radius 1 is 1.33 bits per heavy atom. The molecule has 6 nitrogen and oxygen atoms in total. The Bertz CT molecular complexity index is 543. The first-order valence-corrected chi connectivity index (χ1v) is 7.33. The van der Waals surface area contributed by atoms with Crippen molar-refractivity contribution in [1.82, 2.24) is 5.32 Å². The van der Waals surface area contributed by atoms with E-state index >= 15 is 0 Å². The van der Waals surface area contributed by atoms with E-state index in [1.54, 1.807) is 0 Å². The van der Waals surface area contributed by atoms with Gasteiger partial charge in [-0.05, 0) is 30.5 Å². The lowest BCUT2D eigenvalue weighted by atomic mass is 10.0. The molecular weight excluding hydrogens is 268 g/mol. The molecule has 0 atom stereocenters. The number of hydrogen-bond donors (Lipinski definition) is 4. The highest BCUT2D eigenvalue weighted by molar-refractivity contribution is 5.95. The van der Waals surface area contributed by atoms with Crippen molar-refractivity contribution in [3.8, 4) is 0 Å². The summed E-state index contributed by atoms with van der Waals surface area (Å²) in [5, 5.41) is 8.81. The summed E-state index contributed by atoms with van der Waals surface area (Å²) in [5.74, 6) is 0.0475. The summed E-state index contributed by atoms with van der Waals surface area (Å²) >= 11 is 0. The number of rotatable bonds is 6. The van der Waals surface area contributed by atoms with E-state index in [2.05, 4.69) is 16.0 Å². The lowest BCUT2D eigenvalue weighted by molar-refractivity contribution is -0.120. The van der Waals surface area contributed by atoms with Crippen LogP contribution in [0, 0.1) is 0 Å². The number of benzene rings is 1. The van der Waals surface area contributed by atoms with Crippen molar-refractivity contribution < 1.29 is 9.59 Å². The Hall–Kier alpha value is -2.24. The van der Waals surface area contributed by atoms with Gasteiger partial charge in [-0.2, -0.15) is 0 Å². The third-order valence-corrected chi connectivity index (χ3v) is 3.41. The summed E-state index contributed by atoms with van der Waals surface area (Å²) in [6, 6.07) is 3.72. The molecule has 1 aliphatic heterocycles. The largest absolute Gasteiger partial charge is 0.397 e. The van der Waals surface area contributed by atoms with Gasteiger partial charge < -0.3 is 21.7 Å². The highest BCUT2D eigenvalue weighted by atomic mass is 16.2. The topological polar surface area (TPSA) is 96.2 Å². The van der Waals surface area contributed by atoms with E-state index in [4.69, 9.17) is 5.73 Å². The summed E-state index contributed by atoms with van der Waals surface area (Å²) in [6.45, 7) is 3.22. The molecule has 114 valence electrons. The average molecular weight is 290 g/mol. The minimum atomic E-state index is 0.0224. The Morgan fingerprint density at radius 3 is 2.90 bits per heavy atom. The zero-order chi connectivity index (χ0) is 15.2. The molecule has 0 radical (unpaired) electrons. The maximum absolute atomic E-state index is 11.5. The molecule has 1 aromatic carbocycles. The number of nitrogens with one attached hydrogen (secondary N) is 3. The van der Waals surface area contributed by atoms with Gasteiger partial charge in [-0.25, -0.2) is 0 Å². The second kappa shape index (κ2) is 6.97. The number of aryl methyl sites for hydroxylation is 1. The van der Waals surface area contributed by atoms with Gasteiger partial charge >= 0.3 is 0 Å². The van der Waals surface area contributed by atoms with Crippen molar-refractivity contribution >= 4 is 28.9 Å². The van der Waals surface area contributed by atoms with Crippen molar-refractivity contribution in [3.63, 3.8) is 0 Å². The number of carbonyl (C=O) groups is 2. The number of amides is 2. The molecule has 0 aromatic heterocycles. The number of carbonyl (C=O) groups excluding carboxylic acids is 2. The van der Waals surface area contributed by atoms with Crippen LogP contribution in [0.5, 0.6) is 0 Å². The normalized spacial score (nSPS) is 13.3. The van der Waals surface area contributed by atoms with Gasteiger partial charge in [0, 0.05) is 31.6 Å². The Morgan fingerprint density at radius 2 is 2.14 bits per heavy atom. The van der Waals surface area contributed by atoms with Gasteiger partial charge in [-0.1, -0.05) is 6.92 Å². The molecule has 5 N–H and O–H groups in total. The van der Waals surface area contributed by atoms with Crippen LogP contribution in [-0.4, -0.2) is 24.9 Å². The second-order valence-corrected chi connectivity index (χ2v) is 5.17. The van der Waals surface area contributed by atoms with E-state index in [-0.39, 0.29) is 11.8 Å². The lowest BCUT2D eigenvalue weighted by Crippen LogP contribution is -2.26. The zero-order valence-corrected chi connectivity index (χ0v) is 12.3. The fraction of sp³-hybridized carbons (Fsp3) is 0.467. The molecule has 0 saturated heterocycles. The molecule has 0 aliphatic carbocycles. The first-order chi connectivity index (χ1) is 10.1. The highest BCUT2D eigenvalue weighted by Gasteiger charge is 2.16. The van der Waals surface area contributed by atoms with Crippen molar-refractivity contribution in [2.24, 2.45) is 0 Å². The number of anilines is 3. The van der Waals surface area contributed by atoms with E-state index in [1.165, 1.54) is 0 Å². The van der Waals surface area contributed by atoms with Crippen LogP contribution in [0.15, 0.2) is 12.1 Å². The first kappa shape index (κ1) is 15.2. The molecule has 1 aliphatic rings. The molecule has 0 spiro atoms. The minimum Gasteiger partial charge on any atom is -0.397 e. The third kappa shape index (κ3) is 4.11. The Kier molecular flexibility index (Phi) is 5.03. The number of nitrogen functional groups attached to an aromatic ring is 1. The molecule has 21 heavy (non-hydrogen) atoms. The second-order valence-electron chi connectivity index (χ2n) is 5.17. The van der Waals surface area contributed by atoms with Crippen LogP contribution in [0.25, 0.3) is 0 Å². The maximum Gasteiger partial charge on any atom is 0.224 e. The maximum atomic E-state index is 11.5.